The standard InChI is InChI=1S/C14H19BrClNO/c1-10(15)9-18-13-6-5-11(7-12(13)16)8-17-14(2,3)4/h5-7,17H,1,8-9H2,2-4H3. The van der Waals surface area contributed by atoms with E-state index in [9.17, 15) is 0 Å². The van der Waals surface area contributed by atoms with Crippen molar-refractivity contribution in [2.75, 3.05) is 6.61 Å². The second-order valence-corrected chi connectivity index (χ2v) is 6.70. The van der Waals surface area contributed by atoms with Gasteiger partial charge in [-0.25, -0.2) is 0 Å². The SMILES string of the molecule is C=C(Br)COc1ccc(CNC(C)(C)C)cc1Cl. The highest BCUT2D eigenvalue weighted by Crippen LogP contribution is 2.26. The maximum Gasteiger partial charge on any atom is 0.138 e. The molecule has 2 nitrogen and oxygen atoms in total. The number of halogens is 2. The summed E-state index contributed by atoms with van der Waals surface area (Å²) in [6.07, 6.45) is 0. The van der Waals surface area contributed by atoms with E-state index in [0.717, 1.165) is 16.6 Å². The zero-order chi connectivity index (χ0) is 13.8. The van der Waals surface area contributed by atoms with Gasteiger partial charge in [-0.2, -0.15) is 0 Å². The minimum Gasteiger partial charge on any atom is -0.487 e. The molecule has 0 fully saturated rings. The molecule has 0 amide bonds. The van der Waals surface area contributed by atoms with E-state index in [0.29, 0.717) is 17.4 Å². The molecular formula is C14H19BrClNO. The van der Waals surface area contributed by atoms with Crippen molar-refractivity contribution in [3.05, 3.63) is 39.8 Å². The molecule has 0 unspecified atom stereocenters. The van der Waals surface area contributed by atoms with E-state index in [2.05, 4.69) is 48.6 Å². The molecule has 1 aromatic carbocycles. The van der Waals surface area contributed by atoms with Crippen molar-refractivity contribution in [3.8, 4) is 5.75 Å². The first-order valence-corrected chi connectivity index (χ1v) is 6.94. The average Bonchev–Trinajstić information content (AvgIpc) is 2.24. The number of hydrogen-bond donors (Lipinski definition) is 1. The van der Waals surface area contributed by atoms with Crippen LogP contribution in [0.15, 0.2) is 29.3 Å². The minimum atomic E-state index is 0.0926. The van der Waals surface area contributed by atoms with Gasteiger partial charge in [-0.1, -0.05) is 40.2 Å². The molecule has 0 aliphatic heterocycles. The molecular weight excluding hydrogens is 314 g/mol. The Bertz CT molecular complexity index is 426. The molecule has 18 heavy (non-hydrogen) atoms. The van der Waals surface area contributed by atoms with Crippen LogP contribution in [0.5, 0.6) is 5.75 Å². The summed E-state index contributed by atoms with van der Waals surface area (Å²) < 4.78 is 6.29. The fourth-order valence-electron chi connectivity index (χ4n) is 1.29. The largest absolute Gasteiger partial charge is 0.487 e. The summed E-state index contributed by atoms with van der Waals surface area (Å²) in [4.78, 5) is 0. The number of ether oxygens (including phenoxy) is 1. The lowest BCUT2D eigenvalue weighted by atomic mass is 10.1. The van der Waals surface area contributed by atoms with Crippen molar-refractivity contribution < 1.29 is 4.74 Å². The Morgan fingerprint density at radius 2 is 2.11 bits per heavy atom. The first-order valence-electron chi connectivity index (χ1n) is 5.77. The molecule has 0 aliphatic carbocycles. The minimum absolute atomic E-state index is 0.0926. The van der Waals surface area contributed by atoms with Gasteiger partial charge in [0.1, 0.15) is 12.4 Å². The summed E-state index contributed by atoms with van der Waals surface area (Å²) >= 11 is 9.41. The molecule has 0 heterocycles. The molecule has 4 heteroatoms. The molecule has 1 N–H and O–H groups in total. The lowest BCUT2D eigenvalue weighted by Crippen LogP contribution is -2.35. The molecule has 0 saturated heterocycles. The van der Waals surface area contributed by atoms with Crippen LogP contribution in [0.2, 0.25) is 5.02 Å². The Kier molecular flexibility index (Phi) is 5.70. The van der Waals surface area contributed by atoms with E-state index < -0.39 is 0 Å². The molecule has 0 bridgehead atoms. The zero-order valence-electron chi connectivity index (χ0n) is 11.0. The Morgan fingerprint density at radius 1 is 1.44 bits per heavy atom. The highest BCUT2D eigenvalue weighted by Gasteiger charge is 2.09. The first-order chi connectivity index (χ1) is 8.28. The lowest BCUT2D eigenvalue weighted by Gasteiger charge is -2.20. The summed E-state index contributed by atoms with van der Waals surface area (Å²) in [6, 6.07) is 5.82. The summed E-state index contributed by atoms with van der Waals surface area (Å²) in [6.45, 7) is 11.3. The van der Waals surface area contributed by atoms with Crippen LogP contribution in [-0.2, 0) is 6.54 Å². The van der Waals surface area contributed by atoms with E-state index in [1.165, 1.54) is 0 Å². The van der Waals surface area contributed by atoms with Crippen LogP contribution in [0.4, 0.5) is 0 Å². The van der Waals surface area contributed by atoms with Gasteiger partial charge in [0.05, 0.1) is 5.02 Å². The predicted molar refractivity (Wildman–Crippen MR) is 81.6 cm³/mol. The van der Waals surface area contributed by atoms with Gasteiger partial charge < -0.3 is 10.1 Å². The van der Waals surface area contributed by atoms with E-state index in [1.807, 2.05) is 18.2 Å². The molecule has 0 radical (unpaired) electrons. The van der Waals surface area contributed by atoms with Crippen molar-refractivity contribution in [1.82, 2.24) is 5.32 Å². The molecule has 0 aliphatic rings. The van der Waals surface area contributed by atoms with Crippen LogP contribution in [0.3, 0.4) is 0 Å². The molecule has 1 rings (SSSR count). The molecule has 0 atom stereocenters. The Balaban J connectivity index is 2.64. The lowest BCUT2D eigenvalue weighted by molar-refractivity contribution is 0.361. The molecule has 0 saturated carbocycles. The van der Waals surface area contributed by atoms with Crippen LogP contribution in [0.1, 0.15) is 26.3 Å². The van der Waals surface area contributed by atoms with Crippen LogP contribution < -0.4 is 10.1 Å². The Labute approximate surface area is 122 Å². The maximum atomic E-state index is 6.17. The highest BCUT2D eigenvalue weighted by molar-refractivity contribution is 9.11. The average molecular weight is 333 g/mol. The Hall–Kier alpha value is -0.510. The van der Waals surface area contributed by atoms with Crippen molar-refractivity contribution in [2.45, 2.75) is 32.9 Å². The molecule has 1 aromatic rings. The summed E-state index contributed by atoms with van der Waals surface area (Å²) in [5.74, 6) is 0.678. The summed E-state index contributed by atoms with van der Waals surface area (Å²) in [5.41, 5.74) is 1.23. The highest BCUT2D eigenvalue weighted by atomic mass is 79.9. The van der Waals surface area contributed by atoms with Gasteiger partial charge in [0.25, 0.3) is 0 Å². The maximum absolute atomic E-state index is 6.17. The number of hydrogen-bond acceptors (Lipinski definition) is 2. The second-order valence-electron chi connectivity index (χ2n) is 5.17. The topological polar surface area (TPSA) is 21.3 Å². The summed E-state index contributed by atoms with van der Waals surface area (Å²) in [5, 5.41) is 4.04. The third-order valence-corrected chi connectivity index (χ3v) is 2.73. The molecule has 0 spiro atoms. The van der Waals surface area contributed by atoms with Crippen molar-refractivity contribution in [2.24, 2.45) is 0 Å². The van der Waals surface area contributed by atoms with E-state index in [4.69, 9.17) is 16.3 Å². The monoisotopic (exact) mass is 331 g/mol. The predicted octanol–water partition coefficient (Wildman–Crippen LogP) is 4.52. The molecule has 100 valence electrons. The number of benzene rings is 1. The van der Waals surface area contributed by atoms with Crippen LogP contribution >= 0.6 is 27.5 Å². The Morgan fingerprint density at radius 3 is 2.61 bits per heavy atom. The van der Waals surface area contributed by atoms with Gasteiger partial charge in [-0.3, -0.25) is 0 Å². The van der Waals surface area contributed by atoms with Gasteiger partial charge in [-0.15, -0.1) is 0 Å². The fraction of sp³-hybridized carbons (Fsp3) is 0.429. The second kappa shape index (κ2) is 6.60. The zero-order valence-corrected chi connectivity index (χ0v) is 13.4. The third kappa shape index (κ3) is 5.89. The smallest absolute Gasteiger partial charge is 0.138 e. The van der Waals surface area contributed by atoms with Crippen LogP contribution in [0.25, 0.3) is 0 Å². The quantitative estimate of drug-likeness (QED) is 0.856. The van der Waals surface area contributed by atoms with Gasteiger partial charge in [0, 0.05) is 16.6 Å². The van der Waals surface area contributed by atoms with Crippen molar-refractivity contribution in [3.63, 3.8) is 0 Å². The van der Waals surface area contributed by atoms with E-state index >= 15 is 0 Å². The van der Waals surface area contributed by atoms with Gasteiger partial charge in [0.15, 0.2) is 0 Å². The van der Waals surface area contributed by atoms with Gasteiger partial charge in [0.2, 0.25) is 0 Å². The molecule has 0 aromatic heterocycles. The number of rotatable bonds is 5. The number of nitrogens with one attached hydrogen (secondary N) is 1. The van der Waals surface area contributed by atoms with E-state index in [-0.39, 0.29) is 5.54 Å². The van der Waals surface area contributed by atoms with Crippen molar-refractivity contribution >= 4 is 27.5 Å². The summed E-state index contributed by atoms with van der Waals surface area (Å²) in [7, 11) is 0. The van der Waals surface area contributed by atoms with Crippen molar-refractivity contribution in [1.29, 1.82) is 0 Å². The van der Waals surface area contributed by atoms with E-state index in [1.54, 1.807) is 0 Å². The first kappa shape index (κ1) is 15.5. The van der Waals surface area contributed by atoms with Gasteiger partial charge >= 0.3 is 0 Å². The third-order valence-electron chi connectivity index (χ3n) is 2.20. The van der Waals surface area contributed by atoms with Crippen LogP contribution in [-0.4, -0.2) is 12.1 Å². The normalized spacial score (nSPS) is 11.4. The van der Waals surface area contributed by atoms with Crippen LogP contribution in [0, 0.1) is 0 Å². The van der Waals surface area contributed by atoms with Gasteiger partial charge in [-0.05, 0) is 38.5 Å². The fourth-order valence-corrected chi connectivity index (χ4v) is 1.67.